The summed E-state index contributed by atoms with van der Waals surface area (Å²) >= 11 is 0. The highest BCUT2D eigenvalue weighted by atomic mass is 19.3. The maximum atomic E-state index is 12.0. The van der Waals surface area contributed by atoms with Crippen LogP contribution in [0.5, 0.6) is 0 Å². The number of rotatable bonds is 7. The molecule has 2 nitrogen and oxygen atoms in total. The van der Waals surface area contributed by atoms with Crippen LogP contribution in [-0.4, -0.2) is 30.3 Å². The fourth-order valence-electron chi connectivity index (χ4n) is 1.19. The Morgan fingerprint density at radius 3 is 2.40 bits per heavy atom. The van der Waals surface area contributed by atoms with Gasteiger partial charge in [-0.1, -0.05) is 19.9 Å². The van der Waals surface area contributed by atoms with Gasteiger partial charge in [-0.05, 0) is 13.3 Å². The number of hydrogen-bond acceptors (Lipinski definition) is 1. The number of carbonyl (C=O) groups excluding carboxylic acids is 1. The molecule has 0 aliphatic heterocycles. The van der Waals surface area contributed by atoms with Gasteiger partial charge < -0.3 is 4.90 Å². The van der Waals surface area contributed by atoms with Crippen LogP contribution in [0.25, 0.3) is 0 Å². The molecule has 0 N–H and O–H groups in total. The molecule has 0 rings (SSSR count). The fourth-order valence-corrected chi connectivity index (χ4v) is 1.19. The van der Waals surface area contributed by atoms with Crippen molar-refractivity contribution in [2.75, 3.05) is 13.1 Å². The van der Waals surface area contributed by atoms with Crippen molar-refractivity contribution >= 4 is 5.91 Å². The molecule has 88 valence electrons. The minimum absolute atomic E-state index is 0.114. The van der Waals surface area contributed by atoms with E-state index in [0.29, 0.717) is 12.1 Å². The van der Waals surface area contributed by atoms with Gasteiger partial charge in [-0.2, -0.15) is 0 Å². The topological polar surface area (TPSA) is 20.3 Å². The Hall–Kier alpha value is -0.930. The molecule has 0 bridgehead atoms. The van der Waals surface area contributed by atoms with Crippen LogP contribution in [0.2, 0.25) is 0 Å². The average Bonchev–Trinajstić information content (AvgIpc) is 2.16. The lowest BCUT2D eigenvalue weighted by atomic mass is 10.2. The van der Waals surface area contributed by atoms with Gasteiger partial charge in [0, 0.05) is 25.1 Å². The van der Waals surface area contributed by atoms with Gasteiger partial charge in [-0.3, -0.25) is 4.79 Å². The van der Waals surface area contributed by atoms with E-state index < -0.39 is 6.43 Å². The van der Waals surface area contributed by atoms with Crippen LogP contribution in [0.3, 0.4) is 0 Å². The molecule has 0 aliphatic rings. The smallest absolute Gasteiger partial charge is 0.248 e. The van der Waals surface area contributed by atoms with Crippen molar-refractivity contribution in [3.8, 4) is 0 Å². The third-order valence-corrected chi connectivity index (χ3v) is 2.05. The summed E-state index contributed by atoms with van der Waals surface area (Å²) in [5, 5.41) is 0. The Morgan fingerprint density at radius 1 is 1.40 bits per heavy atom. The van der Waals surface area contributed by atoms with Crippen molar-refractivity contribution in [1.82, 2.24) is 4.90 Å². The molecule has 0 unspecified atom stereocenters. The molecule has 0 saturated heterocycles. The molecule has 0 atom stereocenters. The lowest BCUT2D eigenvalue weighted by molar-refractivity contribution is -0.127. The number of halogens is 2. The number of carbonyl (C=O) groups is 1. The second-order valence-corrected chi connectivity index (χ2v) is 3.61. The molecule has 0 spiro atoms. The number of unbranched alkanes of at least 4 members (excludes halogenated alkanes) is 1. The fraction of sp³-hybridized carbons (Fsp3) is 0.727. The molecule has 0 aliphatic carbocycles. The maximum Gasteiger partial charge on any atom is 0.248 e. The van der Waals surface area contributed by atoms with Gasteiger partial charge >= 0.3 is 0 Å². The zero-order valence-electron chi connectivity index (χ0n) is 9.43. The molecular formula is C11H19F2NO. The summed E-state index contributed by atoms with van der Waals surface area (Å²) < 4.78 is 24.0. The molecule has 0 saturated carbocycles. The van der Waals surface area contributed by atoms with E-state index in [1.54, 1.807) is 6.92 Å². The number of hydrogen-bond donors (Lipinski definition) is 0. The Balaban J connectivity index is 4.17. The normalized spacial score (nSPS) is 10.5. The number of alkyl halides is 2. The first-order valence-electron chi connectivity index (χ1n) is 5.22. The summed E-state index contributed by atoms with van der Waals surface area (Å²) in [7, 11) is 0. The Labute approximate surface area is 90.0 Å². The Kier molecular flexibility index (Phi) is 6.92. The van der Waals surface area contributed by atoms with Gasteiger partial charge in [0.2, 0.25) is 12.3 Å². The largest absolute Gasteiger partial charge is 0.339 e. The summed E-state index contributed by atoms with van der Waals surface area (Å²) in [5.41, 5.74) is 0.403. The monoisotopic (exact) mass is 219 g/mol. The van der Waals surface area contributed by atoms with Gasteiger partial charge in [0.1, 0.15) is 0 Å². The van der Waals surface area contributed by atoms with Crippen LogP contribution in [-0.2, 0) is 4.79 Å². The molecule has 0 aromatic carbocycles. The van der Waals surface area contributed by atoms with Gasteiger partial charge in [0.05, 0.1) is 0 Å². The molecule has 0 fully saturated rings. The summed E-state index contributed by atoms with van der Waals surface area (Å²) in [6.45, 7) is 7.78. The van der Waals surface area contributed by atoms with E-state index in [1.807, 2.05) is 6.92 Å². The minimum atomic E-state index is -2.35. The minimum Gasteiger partial charge on any atom is -0.339 e. The van der Waals surface area contributed by atoms with E-state index in [9.17, 15) is 13.6 Å². The predicted molar refractivity (Wildman–Crippen MR) is 56.9 cm³/mol. The quantitative estimate of drug-likeness (QED) is 0.603. The highest BCUT2D eigenvalue weighted by Crippen LogP contribution is 2.06. The third kappa shape index (κ3) is 6.20. The standard InChI is InChI=1S/C11H19F2NO/c1-4-5-7-14(8-6-10(12)13)11(15)9(2)3/h10H,2,4-8H2,1,3H3. The van der Waals surface area contributed by atoms with E-state index in [0.717, 1.165) is 12.8 Å². The number of amides is 1. The lowest BCUT2D eigenvalue weighted by Crippen LogP contribution is -2.34. The van der Waals surface area contributed by atoms with Gasteiger partial charge in [0.25, 0.3) is 0 Å². The van der Waals surface area contributed by atoms with E-state index in [-0.39, 0.29) is 18.9 Å². The number of nitrogens with zero attached hydrogens (tertiary/aromatic N) is 1. The van der Waals surface area contributed by atoms with Crippen molar-refractivity contribution in [1.29, 1.82) is 0 Å². The summed E-state index contributed by atoms with van der Waals surface area (Å²) in [5.74, 6) is -0.218. The molecular weight excluding hydrogens is 200 g/mol. The molecule has 0 radical (unpaired) electrons. The van der Waals surface area contributed by atoms with Crippen molar-refractivity contribution in [3.05, 3.63) is 12.2 Å². The first kappa shape index (κ1) is 14.1. The van der Waals surface area contributed by atoms with Crippen molar-refractivity contribution < 1.29 is 13.6 Å². The molecule has 0 heterocycles. The van der Waals surface area contributed by atoms with Crippen molar-refractivity contribution in [2.24, 2.45) is 0 Å². The van der Waals surface area contributed by atoms with Crippen LogP contribution in [0.15, 0.2) is 12.2 Å². The molecule has 1 amide bonds. The predicted octanol–water partition coefficient (Wildman–Crippen LogP) is 2.85. The first-order valence-corrected chi connectivity index (χ1v) is 5.22. The Morgan fingerprint density at radius 2 is 2.00 bits per heavy atom. The Bertz CT molecular complexity index is 217. The van der Waals surface area contributed by atoms with E-state index in [1.165, 1.54) is 4.90 Å². The molecule has 4 heteroatoms. The van der Waals surface area contributed by atoms with Crippen LogP contribution in [0.4, 0.5) is 8.78 Å². The molecule has 0 aromatic heterocycles. The first-order chi connectivity index (χ1) is 6.99. The van der Waals surface area contributed by atoms with E-state index >= 15 is 0 Å². The van der Waals surface area contributed by atoms with Gasteiger partial charge in [0.15, 0.2) is 0 Å². The third-order valence-electron chi connectivity index (χ3n) is 2.05. The van der Waals surface area contributed by atoms with Crippen LogP contribution in [0.1, 0.15) is 33.1 Å². The van der Waals surface area contributed by atoms with Crippen LogP contribution >= 0.6 is 0 Å². The zero-order valence-corrected chi connectivity index (χ0v) is 9.43. The highest BCUT2D eigenvalue weighted by Gasteiger charge is 2.15. The molecule has 15 heavy (non-hydrogen) atoms. The summed E-state index contributed by atoms with van der Waals surface area (Å²) in [6, 6.07) is 0. The van der Waals surface area contributed by atoms with Crippen molar-refractivity contribution in [2.45, 2.75) is 39.5 Å². The lowest BCUT2D eigenvalue weighted by Gasteiger charge is -2.22. The second kappa shape index (κ2) is 7.37. The zero-order chi connectivity index (χ0) is 11.8. The SMILES string of the molecule is C=C(C)C(=O)N(CCCC)CCC(F)F. The summed E-state index contributed by atoms with van der Waals surface area (Å²) in [6.07, 6.45) is -0.841. The van der Waals surface area contributed by atoms with Crippen molar-refractivity contribution in [3.63, 3.8) is 0 Å². The summed E-state index contributed by atoms with van der Waals surface area (Å²) in [4.78, 5) is 13.0. The van der Waals surface area contributed by atoms with E-state index in [2.05, 4.69) is 6.58 Å². The maximum absolute atomic E-state index is 12.0. The van der Waals surface area contributed by atoms with Gasteiger partial charge in [-0.15, -0.1) is 0 Å². The van der Waals surface area contributed by atoms with Crippen LogP contribution in [0, 0.1) is 0 Å². The van der Waals surface area contributed by atoms with Crippen LogP contribution < -0.4 is 0 Å². The molecule has 0 aromatic rings. The second-order valence-electron chi connectivity index (χ2n) is 3.61. The van der Waals surface area contributed by atoms with Gasteiger partial charge in [-0.25, -0.2) is 8.78 Å². The highest BCUT2D eigenvalue weighted by molar-refractivity contribution is 5.92. The van der Waals surface area contributed by atoms with E-state index in [4.69, 9.17) is 0 Å². The average molecular weight is 219 g/mol.